The van der Waals surface area contributed by atoms with Gasteiger partial charge in [-0.15, -0.1) is 0 Å². The van der Waals surface area contributed by atoms with Gasteiger partial charge in [0.2, 0.25) is 23.7 Å². The van der Waals surface area contributed by atoms with Crippen molar-refractivity contribution in [3.05, 3.63) is 122 Å². The number of amides is 2. The molecule has 0 saturated carbocycles. The van der Waals surface area contributed by atoms with E-state index >= 15 is 0 Å². The first kappa shape index (κ1) is 46.3. The van der Waals surface area contributed by atoms with Crippen LogP contribution in [0, 0.1) is 11.8 Å². The molecule has 4 aromatic heterocycles. The molecule has 0 atom stereocenters. The minimum atomic E-state index is -0.756. The van der Waals surface area contributed by atoms with Crippen molar-refractivity contribution in [3.63, 3.8) is 0 Å². The van der Waals surface area contributed by atoms with E-state index in [9.17, 15) is 19.2 Å². The van der Waals surface area contributed by atoms with Crippen LogP contribution in [0.5, 0.6) is 0 Å². The SMILES string of the molecule is CCOC(=O)C1CCN(CC(=O)Nc2cccc(Nc3nccc(-c4ccncc4)n3)c2)CC1.O=C(CN1CCC(C(=O)O)CC1)Nc1cccc(Nc2nccc(-c3ccncc3)n2)c1. The molecule has 66 heavy (non-hydrogen) atoms. The van der Waals surface area contributed by atoms with Crippen LogP contribution in [0.15, 0.2) is 122 Å². The van der Waals surface area contributed by atoms with E-state index in [1.54, 1.807) is 37.2 Å². The zero-order valence-electron chi connectivity index (χ0n) is 36.5. The standard InChI is InChI=1S/C25H28N6O3.C23H24N6O3/c1-2-34-24(33)19-9-14-31(15-10-19)17-23(32)28-20-4-3-5-21(16-20)29-25-27-13-8-22(30-25)18-6-11-26-12-7-18;30-21(15-29-12-7-17(8-13-29)22(31)32)26-18-2-1-3-19(14-18)27-23-25-11-6-20(28-23)16-4-9-24-10-5-16/h3-8,11-13,16,19H,2,9-10,14-15,17H2,1H3,(H,28,32)(H,27,29,30);1-6,9-11,14,17H,7-8,12-13,15H2,(H,26,30)(H,31,32)(H,25,27,28). The largest absolute Gasteiger partial charge is 0.481 e. The van der Waals surface area contributed by atoms with Crippen molar-refractivity contribution >= 4 is 58.4 Å². The third-order valence-electron chi connectivity index (χ3n) is 10.9. The Morgan fingerprint density at radius 3 is 1.44 bits per heavy atom. The van der Waals surface area contributed by atoms with Gasteiger partial charge in [-0.2, -0.15) is 0 Å². The Labute approximate surface area is 382 Å². The highest BCUT2D eigenvalue weighted by Gasteiger charge is 2.27. The Balaban J connectivity index is 0.000000197. The molecule has 18 nitrogen and oxygen atoms in total. The van der Waals surface area contributed by atoms with Crippen LogP contribution in [-0.4, -0.2) is 114 Å². The van der Waals surface area contributed by atoms with Crippen LogP contribution in [0.2, 0.25) is 0 Å². The third-order valence-corrected chi connectivity index (χ3v) is 10.9. The first-order valence-electron chi connectivity index (χ1n) is 21.8. The summed E-state index contributed by atoms with van der Waals surface area (Å²) < 4.78 is 5.11. The molecular formula is C48H52N12O6. The fourth-order valence-corrected chi connectivity index (χ4v) is 7.54. The smallest absolute Gasteiger partial charge is 0.309 e. The van der Waals surface area contributed by atoms with Gasteiger partial charge < -0.3 is 31.1 Å². The van der Waals surface area contributed by atoms with E-state index in [-0.39, 0.29) is 42.7 Å². The van der Waals surface area contributed by atoms with Gasteiger partial charge in [-0.05, 0) is 132 Å². The summed E-state index contributed by atoms with van der Waals surface area (Å²) in [5.41, 5.74) is 6.31. The molecule has 0 radical (unpaired) electrons. The summed E-state index contributed by atoms with van der Waals surface area (Å²) in [7, 11) is 0. The number of nitrogens with one attached hydrogen (secondary N) is 4. The Kier molecular flexibility index (Phi) is 16.3. The quantitative estimate of drug-likeness (QED) is 0.0692. The topological polar surface area (TPSA) is 230 Å². The van der Waals surface area contributed by atoms with Crippen LogP contribution in [0.3, 0.4) is 0 Å². The number of carbonyl (C=O) groups excluding carboxylic acids is 3. The molecule has 0 spiro atoms. The summed E-state index contributed by atoms with van der Waals surface area (Å²) in [6.07, 6.45) is 12.8. The molecule has 5 N–H and O–H groups in total. The van der Waals surface area contributed by atoms with Crippen LogP contribution >= 0.6 is 0 Å². The number of hydrogen-bond donors (Lipinski definition) is 5. The number of aliphatic carboxylic acids is 1. The van der Waals surface area contributed by atoms with Crippen molar-refractivity contribution in [1.29, 1.82) is 0 Å². The van der Waals surface area contributed by atoms with E-state index in [0.717, 1.165) is 33.9 Å². The summed E-state index contributed by atoms with van der Waals surface area (Å²) >= 11 is 0. The van der Waals surface area contributed by atoms with Crippen LogP contribution < -0.4 is 21.3 Å². The van der Waals surface area contributed by atoms with Gasteiger partial charge in [0.25, 0.3) is 0 Å². The number of pyridine rings is 2. The zero-order valence-corrected chi connectivity index (χ0v) is 36.5. The molecule has 2 saturated heterocycles. The lowest BCUT2D eigenvalue weighted by Crippen LogP contribution is -2.41. The van der Waals surface area contributed by atoms with Crippen LogP contribution in [0.1, 0.15) is 32.6 Å². The molecule has 18 heteroatoms. The zero-order chi connectivity index (χ0) is 46.1. The number of benzene rings is 2. The molecule has 0 aliphatic carbocycles. The summed E-state index contributed by atoms with van der Waals surface area (Å²) in [5, 5.41) is 21.3. The molecule has 2 fully saturated rings. The fourth-order valence-electron chi connectivity index (χ4n) is 7.54. The van der Waals surface area contributed by atoms with Crippen LogP contribution in [-0.2, 0) is 23.9 Å². The highest BCUT2D eigenvalue weighted by atomic mass is 16.5. The summed E-state index contributed by atoms with van der Waals surface area (Å²) in [5.74, 6) is -0.585. The van der Waals surface area contributed by atoms with E-state index in [0.29, 0.717) is 81.7 Å². The van der Waals surface area contributed by atoms with Crippen molar-refractivity contribution < 1.29 is 29.0 Å². The Morgan fingerprint density at radius 1 is 0.591 bits per heavy atom. The predicted molar refractivity (Wildman–Crippen MR) is 250 cm³/mol. The number of esters is 1. The van der Waals surface area contributed by atoms with Gasteiger partial charge in [-0.3, -0.25) is 38.9 Å². The van der Waals surface area contributed by atoms with Gasteiger partial charge in [-0.1, -0.05) is 12.1 Å². The summed E-state index contributed by atoms with van der Waals surface area (Å²) in [6, 6.07) is 26.0. The predicted octanol–water partition coefficient (Wildman–Crippen LogP) is 6.51. The van der Waals surface area contributed by atoms with Crippen LogP contribution in [0.25, 0.3) is 22.5 Å². The van der Waals surface area contributed by atoms with Crippen molar-refractivity contribution in [2.24, 2.45) is 11.8 Å². The number of likely N-dealkylation sites (tertiary alicyclic amines) is 2. The number of nitrogens with zero attached hydrogens (tertiary/aromatic N) is 8. The van der Waals surface area contributed by atoms with E-state index in [2.05, 4.69) is 56.1 Å². The van der Waals surface area contributed by atoms with Gasteiger partial charge in [0, 0.05) is 71.1 Å². The number of aromatic nitrogens is 6. The lowest BCUT2D eigenvalue weighted by molar-refractivity contribution is -0.149. The molecule has 6 aromatic rings. The molecule has 6 heterocycles. The van der Waals surface area contributed by atoms with Crippen molar-refractivity contribution in [1.82, 2.24) is 39.7 Å². The summed E-state index contributed by atoms with van der Waals surface area (Å²) in [4.78, 5) is 77.7. The summed E-state index contributed by atoms with van der Waals surface area (Å²) in [6.45, 7) is 5.35. The number of anilines is 6. The first-order valence-corrected chi connectivity index (χ1v) is 21.8. The van der Waals surface area contributed by atoms with E-state index in [1.165, 1.54) is 0 Å². The number of carboxylic acids is 1. The number of carbonyl (C=O) groups is 4. The Bertz CT molecular complexity index is 2550. The van der Waals surface area contributed by atoms with Gasteiger partial charge >= 0.3 is 11.9 Å². The van der Waals surface area contributed by atoms with Gasteiger partial charge in [0.05, 0.1) is 42.9 Å². The average molecular weight is 893 g/mol. The van der Waals surface area contributed by atoms with Crippen molar-refractivity contribution in [3.8, 4) is 22.5 Å². The monoisotopic (exact) mass is 892 g/mol. The van der Waals surface area contributed by atoms with E-state index in [4.69, 9.17) is 9.84 Å². The van der Waals surface area contributed by atoms with E-state index in [1.807, 2.05) is 96.8 Å². The molecule has 8 rings (SSSR count). The molecule has 0 unspecified atom stereocenters. The molecule has 2 aliphatic heterocycles. The second kappa shape index (κ2) is 23.3. The number of piperidine rings is 2. The number of hydrogen-bond acceptors (Lipinski definition) is 15. The van der Waals surface area contributed by atoms with Gasteiger partial charge in [-0.25, -0.2) is 19.9 Å². The average Bonchev–Trinajstić information content (AvgIpc) is 3.33. The molecule has 2 amide bonds. The minimum absolute atomic E-state index is 0.0682. The maximum atomic E-state index is 12.6. The molecular weight excluding hydrogens is 841 g/mol. The van der Waals surface area contributed by atoms with E-state index < -0.39 is 5.97 Å². The normalized spacial score (nSPS) is 14.5. The maximum absolute atomic E-state index is 12.6. The number of rotatable bonds is 15. The number of carboxylic acid groups (broad SMARTS) is 1. The van der Waals surface area contributed by atoms with Crippen molar-refractivity contribution in [2.75, 3.05) is 67.1 Å². The molecule has 0 bridgehead atoms. The second-order valence-corrected chi connectivity index (χ2v) is 15.7. The third kappa shape index (κ3) is 13.9. The van der Waals surface area contributed by atoms with Gasteiger partial charge in [0.15, 0.2) is 0 Å². The molecule has 340 valence electrons. The Hall–Kier alpha value is -7.70. The van der Waals surface area contributed by atoms with Gasteiger partial charge in [0.1, 0.15) is 0 Å². The highest BCUT2D eigenvalue weighted by molar-refractivity contribution is 5.93. The van der Waals surface area contributed by atoms with Crippen LogP contribution in [0.4, 0.5) is 34.6 Å². The highest BCUT2D eigenvalue weighted by Crippen LogP contribution is 2.24. The lowest BCUT2D eigenvalue weighted by atomic mass is 9.97. The van der Waals surface area contributed by atoms with Crippen molar-refractivity contribution in [2.45, 2.75) is 32.6 Å². The Morgan fingerprint density at radius 2 is 1.02 bits per heavy atom. The molecule has 2 aromatic carbocycles. The first-order chi connectivity index (χ1) is 32.2. The lowest BCUT2D eigenvalue weighted by Gasteiger charge is -2.30. The second-order valence-electron chi connectivity index (χ2n) is 15.7. The maximum Gasteiger partial charge on any atom is 0.309 e. The molecule has 2 aliphatic rings. The fraction of sp³-hybridized carbons (Fsp3) is 0.292. The number of ether oxygens (including phenoxy) is 1. The minimum Gasteiger partial charge on any atom is -0.481 e.